The summed E-state index contributed by atoms with van der Waals surface area (Å²) in [7, 11) is 0. The fourth-order valence-electron chi connectivity index (χ4n) is 1.19. The number of rotatable bonds is 6. The number of carbonyl (C=O) groups excluding carboxylic acids is 1. The van der Waals surface area contributed by atoms with Crippen molar-refractivity contribution in [1.82, 2.24) is 10.6 Å². The minimum Gasteiger partial charge on any atom is -0.480 e. The third kappa shape index (κ3) is 6.97. The number of amides is 2. The molecule has 0 radical (unpaired) electrons. The summed E-state index contributed by atoms with van der Waals surface area (Å²) in [4.78, 5) is 22.1. The van der Waals surface area contributed by atoms with Gasteiger partial charge in [0.05, 0.1) is 6.42 Å². The Bertz CT molecular complexity index is 295. The highest BCUT2D eigenvalue weighted by Gasteiger charge is 2.28. The van der Waals surface area contributed by atoms with Gasteiger partial charge in [-0.3, -0.25) is 0 Å². The van der Waals surface area contributed by atoms with Crippen LogP contribution in [0.4, 0.5) is 18.0 Å². The number of hydrogen-bond acceptors (Lipinski definition) is 2. The quantitative estimate of drug-likeness (QED) is 0.688. The van der Waals surface area contributed by atoms with Gasteiger partial charge in [-0.1, -0.05) is 20.3 Å². The van der Waals surface area contributed by atoms with Crippen LogP contribution in [-0.4, -0.2) is 35.9 Å². The van der Waals surface area contributed by atoms with Crippen LogP contribution in [0.25, 0.3) is 0 Å². The van der Waals surface area contributed by atoms with Gasteiger partial charge in [-0.2, -0.15) is 13.2 Å². The van der Waals surface area contributed by atoms with Crippen molar-refractivity contribution >= 4 is 12.0 Å². The fourth-order valence-corrected chi connectivity index (χ4v) is 1.19. The average Bonchev–Trinajstić information content (AvgIpc) is 2.22. The Kier molecular flexibility index (Phi) is 6.50. The smallest absolute Gasteiger partial charge is 0.390 e. The van der Waals surface area contributed by atoms with Gasteiger partial charge in [0.25, 0.3) is 0 Å². The lowest BCUT2D eigenvalue weighted by Crippen LogP contribution is -2.49. The van der Waals surface area contributed by atoms with E-state index in [1.165, 1.54) is 0 Å². The Morgan fingerprint density at radius 1 is 1.33 bits per heavy atom. The first-order valence-electron chi connectivity index (χ1n) is 5.51. The van der Waals surface area contributed by atoms with E-state index in [4.69, 9.17) is 5.11 Å². The second kappa shape index (κ2) is 7.07. The maximum Gasteiger partial charge on any atom is 0.390 e. The predicted molar refractivity (Wildman–Crippen MR) is 58.1 cm³/mol. The summed E-state index contributed by atoms with van der Waals surface area (Å²) >= 11 is 0. The number of alkyl halides is 3. The molecule has 2 amide bonds. The van der Waals surface area contributed by atoms with E-state index in [0.717, 1.165) is 0 Å². The van der Waals surface area contributed by atoms with Gasteiger partial charge in [-0.15, -0.1) is 0 Å². The van der Waals surface area contributed by atoms with Gasteiger partial charge in [-0.25, -0.2) is 9.59 Å². The number of urea groups is 1. The van der Waals surface area contributed by atoms with E-state index in [1.54, 1.807) is 13.8 Å². The first-order valence-corrected chi connectivity index (χ1v) is 5.51. The molecule has 106 valence electrons. The van der Waals surface area contributed by atoms with E-state index in [9.17, 15) is 22.8 Å². The van der Waals surface area contributed by atoms with Gasteiger partial charge in [0.2, 0.25) is 0 Å². The molecule has 0 aliphatic rings. The van der Waals surface area contributed by atoms with Crippen LogP contribution < -0.4 is 10.6 Å². The number of halogens is 3. The van der Waals surface area contributed by atoms with Gasteiger partial charge in [-0.05, 0) is 5.92 Å². The number of carboxylic acid groups (broad SMARTS) is 1. The van der Waals surface area contributed by atoms with Crippen molar-refractivity contribution < 1.29 is 27.9 Å². The van der Waals surface area contributed by atoms with Crippen LogP contribution >= 0.6 is 0 Å². The lowest BCUT2D eigenvalue weighted by atomic mass is 9.99. The first kappa shape index (κ1) is 16.5. The summed E-state index contributed by atoms with van der Waals surface area (Å²) in [6.45, 7) is 2.81. The van der Waals surface area contributed by atoms with Crippen molar-refractivity contribution in [2.24, 2.45) is 5.92 Å². The molecule has 0 aromatic heterocycles. The topological polar surface area (TPSA) is 78.4 Å². The second-order valence-electron chi connectivity index (χ2n) is 3.97. The molecule has 2 atom stereocenters. The standard InChI is InChI=1S/C10H17F3N2O3/c1-3-6(2)7(8(16)17)15-9(18)14-5-4-10(11,12)13/h6-7H,3-5H2,1-2H3,(H,16,17)(H2,14,15,18). The lowest BCUT2D eigenvalue weighted by molar-refractivity contribution is -0.140. The molecule has 2 unspecified atom stereocenters. The predicted octanol–water partition coefficient (Wildman–Crippen LogP) is 1.74. The zero-order chi connectivity index (χ0) is 14.3. The van der Waals surface area contributed by atoms with Crippen LogP contribution in [0.15, 0.2) is 0 Å². The Morgan fingerprint density at radius 2 is 1.89 bits per heavy atom. The van der Waals surface area contributed by atoms with Gasteiger partial charge < -0.3 is 15.7 Å². The normalized spacial score (nSPS) is 14.7. The Hall–Kier alpha value is -1.47. The second-order valence-corrected chi connectivity index (χ2v) is 3.97. The summed E-state index contributed by atoms with van der Waals surface area (Å²) < 4.78 is 35.4. The molecule has 0 spiro atoms. The molecule has 0 fully saturated rings. The van der Waals surface area contributed by atoms with Crippen molar-refractivity contribution in [2.45, 2.75) is 38.9 Å². The monoisotopic (exact) mass is 270 g/mol. The van der Waals surface area contributed by atoms with E-state index in [2.05, 4.69) is 5.32 Å². The van der Waals surface area contributed by atoms with Gasteiger partial charge in [0.1, 0.15) is 6.04 Å². The number of nitrogens with one attached hydrogen (secondary N) is 2. The van der Waals surface area contributed by atoms with Crippen LogP contribution in [0, 0.1) is 5.92 Å². The summed E-state index contributed by atoms with van der Waals surface area (Å²) in [6, 6.07) is -2.02. The fraction of sp³-hybridized carbons (Fsp3) is 0.800. The van der Waals surface area contributed by atoms with Crippen molar-refractivity contribution in [1.29, 1.82) is 0 Å². The minimum atomic E-state index is -4.35. The average molecular weight is 270 g/mol. The summed E-state index contributed by atoms with van der Waals surface area (Å²) in [5.74, 6) is -1.52. The maximum atomic E-state index is 11.8. The van der Waals surface area contributed by atoms with E-state index < -0.39 is 37.2 Å². The van der Waals surface area contributed by atoms with E-state index >= 15 is 0 Å². The molecule has 0 aromatic rings. The van der Waals surface area contributed by atoms with E-state index in [0.29, 0.717) is 6.42 Å². The molecule has 0 aromatic carbocycles. The molecule has 18 heavy (non-hydrogen) atoms. The molecule has 8 heteroatoms. The highest BCUT2D eigenvalue weighted by atomic mass is 19.4. The minimum absolute atomic E-state index is 0.309. The molecule has 3 N–H and O–H groups in total. The number of aliphatic carboxylic acids is 1. The molecular formula is C10H17F3N2O3. The zero-order valence-corrected chi connectivity index (χ0v) is 10.2. The van der Waals surface area contributed by atoms with Crippen LogP contribution in [-0.2, 0) is 4.79 Å². The number of carbonyl (C=O) groups is 2. The Labute approximate surface area is 103 Å². The number of carboxylic acids is 1. The third-order valence-corrected chi connectivity index (χ3v) is 2.46. The summed E-state index contributed by atoms with van der Waals surface area (Å²) in [5, 5.41) is 13.0. The SMILES string of the molecule is CCC(C)C(NC(=O)NCCC(F)(F)F)C(=O)O. The number of hydrogen-bond donors (Lipinski definition) is 3. The third-order valence-electron chi connectivity index (χ3n) is 2.46. The highest BCUT2D eigenvalue weighted by Crippen LogP contribution is 2.18. The van der Waals surface area contributed by atoms with Gasteiger partial charge in [0, 0.05) is 6.54 Å². The van der Waals surface area contributed by atoms with E-state index in [-0.39, 0.29) is 5.92 Å². The highest BCUT2D eigenvalue weighted by molar-refractivity contribution is 5.82. The van der Waals surface area contributed by atoms with Crippen LogP contribution in [0.2, 0.25) is 0 Å². The Balaban J connectivity index is 4.15. The largest absolute Gasteiger partial charge is 0.480 e. The van der Waals surface area contributed by atoms with Crippen molar-refractivity contribution in [3.63, 3.8) is 0 Å². The van der Waals surface area contributed by atoms with Crippen LogP contribution in [0.5, 0.6) is 0 Å². The zero-order valence-electron chi connectivity index (χ0n) is 10.2. The van der Waals surface area contributed by atoms with Crippen molar-refractivity contribution in [3.05, 3.63) is 0 Å². The first-order chi connectivity index (χ1) is 8.17. The molecule has 5 nitrogen and oxygen atoms in total. The molecular weight excluding hydrogens is 253 g/mol. The summed E-state index contributed by atoms with van der Waals surface area (Å²) in [6.07, 6.45) is -4.97. The summed E-state index contributed by atoms with van der Waals surface area (Å²) in [5.41, 5.74) is 0. The van der Waals surface area contributed by atoms with E-state index in [1.807, 2.05) is 5.32 Å². The van der Waals surface area contributed by atoms with Crippen LogP contribution in [0.1, 0.15) is 26.7 Å². The molecule has 0 aliphatic carbocycles. The molecule has 0 heterocycles. The molecule has 0 aliphatic heterocycles. The van der Waals surface area contributed by atoms with Crippen LogP contribution in [0.3, 0.4) is 0 Å². The molecule has 0 bridgehead atoms. The Morgan fingerprint density at radius 3 is 2.28 bits per heavy atom. The molecule has 0 saturated carbocycles. The molecule has 0 rings (SSSR count). The maximum absolute atomic E-state index is 11.8. The van der Waals surface area contributed by atoms with Crippen molar-refractivity contribution in [2.75, 3.05) is 6.54 Å². The molecule has 0 saturated heterocycles. The van der Waals surface area contributed by atoms with Gasteiger partial charge in [0.15, 0.2) is 0 Å². The lowest BCUT2D eigenvalue weighted by Gasteiger charge is -2.20. The van der Waals surface area contributed by atoms with Crippen molar-refractivity contribution in [3.8, 4) is 0 Å². The van der Waals surface area contributed by atoms with Gasteiger partial charge >= 0.3 is 18.2 Å².